The third kappa shape index (κ3) is 3.01. The molecule has 0 saturated heterocycles. The molecule has 1 rings (SSSR count). The van der Waals surface area contributed by atoms with Crippen LogP contribution in [-0.2, 0) is 0 Å². The zero-order valence-corrected chi connectivity index (χ0v) is 8.19. The van der Waals surface area contributed by atoms with Crippen LogP contribution in [0.3, 0.4) is 0 Å². The Kier molecular flexibility index (Phi) is 3.39. The summed E-state index contributed by atoms with van der Waals surface area (Å²) in [5.41, 5.74) is -0.0416. The summed E-state index contributed by atoms with van der Waals surface area (Å²) < 4.78 is 0. The van der Waals surface area contributed by atoms with Crippen LogP contribution in [0.4, 0.5) is 5.82 Å². The number of carbonyl (C=O) groups is 1. The molecule has 5 nitrogen and oxygen atoms in total. The van der Waals surface area contributed by atoms with E-state index in [1.165, 1.54) is 6.07 Å². The minimum Gasteiger partial charge on any atom is -0.476 e. The number of nitrogens with zero attached hydrogens (tertiary/aromatic N) is 2. The molecule has 0 saturated carbocycles. The Bertz CT molecular complexity index is 308. The molecule has 0 bridgehead atoms. The molecule has 0 aromatic carbocycles. The largest absolute Gasteiger partial charge is 0.476 e. The normalized spacial score (nSPS) is 10.2. The van der Waals surface area contributed by atoms with Crippen LogP contribution in [-0.4, -0.2) is 27.8 Å². The van der Waals surface area contributed by atoms with Crippen molar-refractivity contribution in [3.8, 4) is 0 Å². The fourth-order valence-electron chi connectivity index (χ4n) is 0.849. The van der Waals surface area contributed by atoms with E-state index in [-0.39, 0.29) is 5.69 Å². The second-order valence-corrected chi connectivity index (χ2v) is 3.38. The Morgan fingerprint density at radius 1 is 1.50 bits per heavy atom. The summed E-state index contributed by atoms with van der Waals surface area (Å²) in [6.07, 6.45) is 0. The highest BCUT2D eigenvalue weighted by Crippen LogP contribution is 2.03. The first-order valence-electron chi connectivity index (χ1n) is 4.40. The standard InChI is InChI=1S/C9H13N3O2/c1-6(2)5-10-8-4-3-7(9(13)14)11-12-8/h3-4,6H,5H2,1-2H3,(H,10,12)(H,13,14). The zero-order valence-electron chi connectivity index (χ0n) is 8.19. The van der Waals surface area contributed by atoms with Crippen LogP contribution in [0.15, 0.2) is 12.1 Å². The third-order valence-electron chi connectivity index (χ3n) is 1.58. The predicted molar refractivity (Wildman–Crippen MR) is 52.3 cm³/mol. The quantitative estimate of drug-likeness (QED) is 0.756. The van der Waals surface area contributed by atoms with Gasteiger partial charge in [0.2, 0.25) is 0 Å². The van der Waals surface area contributed by atoms with Crippen LogP contribution in [0.25, 0.3) is 0 Å². The topological polar surface area (TPSA) is 75.1 Å². The molecule has 0 aliphatic carbocycles. The lowest BCUT2D eigenvalue weighted by atomic mass is 10.2. The third-order valence-corrected chi connectivity index (χ3v) is 1.58. The molecule has 0 spiro atoms. The summed E-state index contributed by atoms with van der Waals surface area (Å²) >= 11 is 0. The van der Waals surface area contributed by atoms with Gasteiger partial charge in [0.15, 0.2) is 5.69 Å². The van der Waals surface area contributed by atoms with E-state index in [0.717, 1.165) is 6.54 Å². The number of rotatable bonds is 4. The second kappa shape index (κ2) is 4.55. The lowest BCUT2D eigenvalue weighted by molar-refractivity contribution is 0.0689. The van der Waals surface area contributed by atoms with Gasteiger partial charge in [-0.25, -0.2) is 4.79 Å². The molecular formula is C9H13N3O2. The molecule has 1 heterocycles. The highest BCUT2D eigenvalue weighted by molar-refractivity contribution is 5.85. The van der Waals surface area contributed by atoms with Crippen molar-refractivity contribution in [1.29, 1.82) is 0 Å². The zero-order chi connectivity index (χ0) is 10.6. The van der Waals surface area contributed by atoms with Gasteiger partial charge in [-0.15, -0.1) is 10.2 Å². The van der Waals surface area contributed by atoms with Gasteiger partial charge in [-0.3, -0.25) is 0 Å². The summed E-state index contributed by atoms with van der Waals surface area (Å²) in [6, 6.07) is 3.04. The number of nitrogens with one attached hydrogen (secondary N) is 1. The van der Waals surface area contributed by atoms with Gasteiger partial charge in [0.05, 0.1) is 0 Å². The minimum absolute atomic E-state index is 0.0416. The van der Waals surface area contributed by atoms with Crippen molar-refractivity contribution < 1.29 is 9.90 Å². The average molecular weight is 195 g/mol. The van der Waals surface area contributed by atoms with Crippen molar-refractivity contribution in [1.82, 2.24) is 10.2 Å². The van der Waals surface area contributed by atoms with E-state index >= 15 is 0 Å². The van der Waals surface area contributed by atoms with Gasteiger partial charge >= 0.3 is 5.97 Å². The molecule has 0 amide bonds. The Morgan fingerprint density at radius 2 is 2.21 bits per heavy atom. The number of hydrogen-bond donors (Lipinski definition) is 2. The van der Waals surface area contributed by atoms with Crippen LogP contribution in [0.2, 0.25) is 0 Å². The summed E-state index contributed by atoms with van der Waals surface area (Å²) in [5, 5.41) is 18.9. The van der Waals surface area contributed by atoms with Crippen molar-refractivity contribution in [3.05, 3.63) is 17.8 Å². The van der Waals surface area contributed by atoms with Gasteiger partial charge in [-0.05, 0) is 18.1 Å². The number of anilines is 1. The molecule has 0 atom stereocenters. The number of carboxylic acid groups (broad SMARTS) is 1. The van der Waals surface area contributed by atoms with E-state index in [0.29, 0.717) is 11.7 Å². The fourth-order valence-corrected chi connectivity index (χ4v) is 0.849. The van der Waals surface area contributed by atoms with Gasteiger partial charge in [0.25, 0.3) is 0 Å². The van der Waals surface area contributed by atoms with E-state index in [9.17, 15) is 4.79 Å². The van der Waals surface area contributed by atoms with Crippen molar-refractivity contribution in [2.24, 2.45) is 5.92 Å². The summed E-state index contributed by atoms with van der Waals surface area (Å²) in [4.78, 5) is 10.5. The van der Waals surface area contributed by atoms with E-state index in [1.54, 1.807) is 6.07 Å². The maximum atomic E-state index is 10.5. The number of carboxylic acids is 1. The Balaban J connectivity index is 2.60. The van der Waals surface area contributed by atoms with Crippen molar-refractivity contribution >= 4 is 11.8 Å². The highest BCUT2D eigenvalue weighted by Gasteiger charge is 2.04. The molecule has 0 fully saturated rings. The van der Waals surface area contributed by atoms with Crippen LogP contribution < -0.4 is 5.32 Å². The number of aromatic nitrogens is 2. The fraction of sp³-hybridized carbons (Fsp3) is 0.444. The van der Waals surface area contributed by atoms with E-state index in [4.69, 9.17) is 5.11 Å². The molecule has 0 unspecified atom stereocenters. The first kappa shape index (κ1) is 10.4. The second-order valence-electron chi connectivity index (χ2n) is 3.38. The molecule has 0 aliphatic heterocycles. The molecule has 0 radical (unpaired) electrons. The molecular weight excluding hydrogens is 182 g/mol. The monoisotopic (exact) mass is 195 g/mol. The van der Waals surface area contributed by atoms with Gasteiger partial charge in [0.1, 0.15) is 5.82 Å². The van der Waals surface area contributed by atoms with E-state index < -0.39 is 5.97 Å². The minimum atomic E-state index is -1.06. The smallest absolute Gasteiger partial charge is 0.356 e. The predicted octanol–water partition coefficient (Wildman–Crippen LogP) is 1.24. The first-order chi connectivity index (χ1) is 6.59. The van der Waals surface area contributed by atoms with Gasteiger partial charge in [-0.2, -0.15) is 0 Å². The SMILES string of the molecule is CC(C)CNc1ccc(C(=O)O)nn1. The van der Waals surface area contributed by atoms with Gasteiger partial charge in [0, 0.05) is 6.54 Å². The molecule has 76 valence electrons. The molecule has 1 aromatic rings. The van der Waals surface area contributed by atoms with Crippen LogP contribution in [0.5, 0.6) is 0 Å². The lowest BCUT2D eigenvalue weighted by Crippen LogP contribution is -2.10. The van der Waals surface area contributed by atoms with Gasteiger partial charge in [-0.1, -0.05) is 13.8 Å². The average Bonchev–Trinajstić information content (AvgIpc) is 2.15. The van der Waals surface area contributed by atoms with Crippen molar-refractivity contribution in [3.63, 3.8) is 0 Å². The first-order valence-corrected chi connectivity index (χ1v) is 4.40. The number of aromatic carboxylic acids is 1. The Morgan fingerprint density at radius 3 is 2.64 bits per heavy atom. The lowest BCUT2D eigenvalue weighted by Gasteiger charge is -2.06. The molecule has 14 heavy (non-hydrogen) atoms. The Hall–Kier alpha value is -1.65. The molecule has 2 N–H and O–H groups in total. The molecule has 5 heteroatoms. The van der Waals surface area contributed by atoms with Crippen molar-refractivity contribution in [2.45, 2.75) is 13.8 Å². The molecule has 1 aromatic heterocycles. The van der Waals surface area contributed by atoms with Crippen LogP contribution in [0, 0.1) is 5.92 Å². The van der Waals surface area contributed by atoms with E-state index in [1.807, 2.05) is 0 Å². The van der Waals surface area contributed by atoms with Crippen LogP contribution in [0.1, 0.15) is 24.3 Å². The van der Waals surface area contributed by atoms with Gasteiger partial charge < -0.3 is 10.4 Å². The van der Waals surface area contributed by atoms with Crippen molar-refractivity contribution in [2.75, 3.05) is 11.9 Å². The molecule has 0 aliphatic rings. The highest BCUT2D eigenvalue weighted by atomic mass is 16.4. The summed E-state index contributed by atoms with van der Waals surface area (Å²) in [7, 11) is 0. The van der Waals surface area contributed by atoms with Crippen LogP contribution >= 0.6 is 0 Å². The summed E-state index contributed by atoms with van der Waals surface area (Å²) in [6.45, 7) is 4.94. The maximum Gasteiger partial charge on any atom is 0.356 e. The Labute approximate surface area is 82.2 Å². The summed E-state index contributed by atoms with van der Waals surface area (Å²) in [5.74, 6) is 0.0487. The van der Waals surface area contributed by atoms with E-state index in [2.05, 4.69) is 29.4 Å². The maximum absolute atomic E-state index is 10.5. The number of hydrogen-bond acceptors (Lipinski definition) is 4.